The van der Waals surface area contributed by atoms with Crippen LogP contribution in [0, 0.1) is 0 Å². The SMILES string of the molecule is CC(N)CCCC(=O)NCCCN1CCCCC1C. The molecule has 19 heavy (non-hydrogen) atoms. The van der Waals surface area contributed by atoms with Crippen molar-refractivity contribution in [3.63, 3.8) is 0 Å². The summed E-state index contributed by atoms with van der Waals surface area (Å²) >= 11 is 0. The average Bonchev–Trinajstić information content (AvgIpc) is 2.36. The first-order chi connectivity index (χ1) is 9.09. The number of nitrogens with two attached hydrogens (primary N) is 1. The lowest BCUT2D eigenvalue weighted by Crippen LogP contribution is -2.39. The van der Waals surface area contributed by atoms with Crippen molar-refractivity contribution in [1.29, 1.82) is 0 Å². The fraction of sp³-hybridized carbons (Fsp3) is 0.933. The van der Waals surface area contributed by atoms with Gasteiger partial charge in [0.25, 0.3) is 0 Å². The Morgan fingerprint density at radius 3 is 2.89 bits per heavy atom. The standard InChI is InChI=1S/C15H31N3O/c1-13(16)7-5-9-15(19)17-10-6-12-18-11-4-3-8-14(18)2/h13-14H,3-12,16H2,1-2H3,(H,17,19). The van der Waals surface area contributed by atoms with Crippen LogP contribution in [0.3, 0.4) is 0 Å². The van der Waals surface area contributed by atoms with Gasteiger partial charge >= 0.3 is 0 Å². The summed E-state index contributed by atoms with van der Waals surface area (Å²) < 4.78 is 0. The van der Waals surface area contributed by atoms with Crippen molar-refractivity contribution >= 4 is 5.91 Å². The second-order valence-corrected chi connectivity index (χ2v) is 5.95. The van der Waals surface area contributed by atoms with Gasteiger partial charge in [-0.05, 0) is 52.5 Å². The predicted molar refractivity (Wildman–Crippen MR) is 80.0 cm³/mol. The first kappa shape index (κ1) is 16.4. The van der Waals surface area contributed by atoms with Crippen molar-refractivity contribution in [2.24, 2.45) is 5.73 Å². The maximum absolute atomic E-state index is 11.6. The Kier molecular flexibility index (Phi) is 8.07. The van der Waals surface area contributed by atoms with Crippen LogP contribution < -0.4 is 11.1 Å². The minimum absolute atomic E-state index is 0.173. The molecule has 0 saturated carbocycles. The molecule has 0 aromatic carbocycles. The van der Waals surface area contributed by atoms with E-state index >= 15 is 0 Å². The first-order valence-electron chi connectivity index (χ1n) is 7.86. The van der Waals surface area contributed by atoms with E-state index < -0.39 is 0 Å². The first-order valence-corrected chi connectivity index (χ1v) is 7.86. The van der Waals surface area contributed by atoms with Crippen molar-refractivity contribution in [2.45, 2.75) is 70.9 Å². The predicted octanol–water partition coefficient (Wildman–Crippen LogP) is 1.88. The molecule has 0 radical (unpaired) electrons. The Balaban J connectivity index is 1.99. The van der Waals surface area contributed by atoms with Crippen molar-refractivity contribution in [2.75, 3.05) is 19.6 Å². The van der Waals surface area contributed by atoms with Gasteiger partial charge in [0.2, 0.25) is 5.91 Å². The van der Waals surface area contributed by atoms with E-state index in [1.54, 1.807) is 0 Å². The molecule has 0 aliphatic carbocycles. The van der Waals surface area contributed by atoms with Crippen LogP contribution in [-0.4, -0.2) is 42.5 Å². The molecule has 0 aromatic rings. The van der Waals surface area contributed by atoms with Crippen LogP contribution in [0.15, 0.2) is 0 Å². The summed E-state index contributed by atoms with van der Waals surface area (Å²) in [5, 5.41) is 3.00. The number of carbonyl (C=O) groups excluding carboxylic acids is 1. The molecule has 0 spiro atoms. The highest BCUT2D eigenvalue weighted by atomic mass is 16.1. The van der Waals surface area contributed by atoms with Crippen LogP contribution in [0.2, 0.25) is 0 Å². The normalized spacial score (nSPS) is 22.2. The smallest absolute Gasteiger partial charge is 0.219 e. The van der Waals surface area contributed by atoms with Crippen LogP contribution in [0.1, 0.15) is 58.8 Å². The molecule has 3 N–H and O–H groups in total. The number of nitrogens with one attached hydrogen (secondary N) is 1. The Labute approximate surface area is 118 Å². The van der Waals surface area contributed by atoms with Gasteiger partial charge in [-0.25, -0.2) is 0 Å². The lowest BCUT2D eigenvalue weighted by molar-refractivity contribution is -0.121. The number of rotatable bonds is 8. The molecular formula is C15H31N3O. The Morgan fingerprint density at radius 2 is 2.21 bits per heavy atom. The lowest BCUT2D eigenvalue weighted by Gasteiger charge is -2.33. The summed E-state index contributed by atoms with van der Waals surface area (Å²) in [4.78, 5) is 14.1. The number of piperidine rings is 1. The molecule has 1 fully saturated rings. The summed E-state index contributed by atoms with van der Waals surface area (Å²) in [5.41, 5.74) is 5.66. The molecule has 1 aliphatic rings. The molecule has 1 rings (SSSR count). The van der Waals surface area contributed by atoms with Gasteiger partial charge in [0.05, 0.1) is 0 Å². The third-order valence-electron chi connectivity index (χ3n) is 3.95. The van der Waals surface area contributed by atoms with E-state index in [1.807, 2.05) is 6.92 Å². The Bertz CT molecular complexity index is 256. The zero-order valence-electron chi connectivity index (χ0n) is 12.7. The van der Waals surface area contributed by atoms with Crippen LogP contribution in [-0.2, 0) is 4.79 Å². The maximum atomic E-state index is 11.6. The van der Waals surface area contributed by atoms with Crippen LogP contribution in [0.5, 0.6) is 0 Å². The molecule has 1 heterocycles. The number of nitrogens with zero attached hydrogens (tertiary/aromatic N) is 1. The number of hydrogen-bond acceptors (Lipinski definition) is 3. The summed E-state index contributed by atoms with van der Waals surface area (Å²) in [6, 6.07) is 0.920. The van der Waals surface area contributed by atoms with E-state index in [2.05, 4.69) is 17.1 Å². The summed E-state index contributed by atoms with van der Waals surface area (Å²) in [7, 11) is 0. The quantitative estimate of drug-likeness (QED) is 0.662. The molecule has 2 atom stereocenters. The van der Waals surface area contributed by atoms with Crippen LogP contribution >= 0.6 is 0 Å². The molecule has 4 nitrogen and oxygen atoms in total. The number of amides is 1. The number of carbonyl (C=O) groups is 1. The molecule has 1 saturated heterocycles. The van der Waals surface area contributed by atoms with Crippen LogP contribution in [0.4, 0.5) is 0 Å². The van der Waals surface area contributed by atoms with E-state index in [1.165, 1.54) is 25.8 Å². The molecule has 4 heteroatoms. The maximum Gasteiger partial charge on any atom is 0.219 e. The van der Waals surface area contributed by atoms with Gasteiger partial charge in [0, 0.05) is 31.6 Å². The molecule has 2 unspecified atom stereocenters. The zero-order valence-corrected chi connectivity index (χ0v) is 12.7. The lowest BCUT2D eigenvalue weighted by atomic mass is 10.0. The summed E-state index contributed by atoms with van der Waals surface area (Å²) in [5.74, 6) is 0.173. The summed E-state index contributed by atoms with van der Waals surface area (Å²) in [6.45, 7) is 7.44. The van der Waals surface area contributed by atoms with E-state index in [4.69, 9.17) is 5.73 Å². The highest BCUT2D eigenvalue weighted by Gasteiger charge is 2.17. The second-order valence-electron chi connectivity index (χ2n) is 5.95. The van der Waals surface area contributed by atoms with Gasteiger partial charge in [0.1, 0.15) is 0 Å². The topological polar surface area (TPSA) is 58.4 Å². The number of hydrogen-bond donors (Lipinski definition) is 2. The van der Waals surface area contributed by atoms with Crippen molar-refractivity contribution < 1.29 is 4.79 Å². The number of likely N-dealkylation sites (tertiary alicyclic amines) is 1. The molecule has 1 aliphatic heterocycles. The van der Waals surface area contributed by atoms with E-state index in [0.29, 0.717) is 6.42 Å². The van der Waals surface area contributed by atoms with Gasteiger partial charge in [0.15, 0.2) is 0 Å². The fourth-order valence-electron chi connectivity index (χ4n) is 2.67. The monoisotopic (exact) mass is 269 g/mol. The van der Waals surface area contributed by atoms with Crippen molar-refractivity contribution in [1.82, 2.24) is 10.2 Å². The molecule has 0 bridgehead atoms. The van der Waals surface area contributed by atoms with Crippen molar-refractivity contribution in [3.05, 3.63) is 0 Å². The highest BCUT2D eigenvalue weighted by Crippen LogP contribution is 2.15. The molecular weight excluding hydrogens is 238 g/mol. The molecule has 0 aromatic heterocycles. The van der Waals surface area contributed by atoms with Gasteiger partial charge in [-0.2, -0.15) is 0 Å². The van der Waals surface area contributed by atoms with Gasteiger partial charge in [-0.15, -0.1) is 0 Å². The molecule has 112 valence electrons. The summed E-state index contributed by atoms with van der Waals surface area (Å²) in [6.07, 6.45) is 7.52. The van der Waals surface area contributed by atoms with E-state index in [9.17, 15) is 4.79 Å². The Hall–Kier alpha value is -0.610. The van der Waals surface area contributed by atoms with E-state index in [-0.39, 0.29) is 11.9 Å². The second kappa shape index (κ2) is 9.32. The Morgan fingerprint density at radius 1 is 1.42 bits per heavy atom. The third kappa shape index (κ3) is 7.53. The minimum Gasteiger partial charge on any atom is -0.356 e. The largest absolute Gasteiger partial charge is 0.356 e. The van der Waals surface area contributed by atoms with Crippen molar-refractivity contribution in [3.8, 4) is 0 Å². The average molecular weight is 269 g/mol. The molecule has 1 amide bonds. The van der Waals surface area contributed by atoms with Gasteiger partial charge < -0.3 is 16.0 Å². The van der Waals surface area contributed by atoms with Gasteiger partial charge in [-0.3, -0.25) is 4.79 Å². The third-order valence-corrected chi connectivity index (χ3v) is 3.95. The fourth-order valence-corrected chi connectivity index (χ4v) is 2.67. The minimum atomic E-state index is 0.173. The highest BCUT2D eigenvalue weighted by molar-refractivity contribution is 5.75. The zero-order chi connectivity index (χ0) is 14.1. The van der Waals surface area contributed by atoms with E-state index in [0.717, 1.165) is 38.4 Å². The van der Waals surface area contributed by atoms with Crippen LogP contribution in [0.25, 0.3) is 0 Å². The van der Waals surface area contributed by atoms with Gasteiger partial charge in [-0.1, -0.05) is 6.42 Å².